The van der Waals surface area contributed by atoms with Crippen molar-refractivity contribution in [2.24, 2.45) is 22.2 Å². The molecule has 0 spiro atoms. The highest BCUT2D eigenvalue weighted by Gasteiger charge is 2.45. The van der Waals surface area contributed by atoms with Gasteiger partial charge in [0.2, 0.25) is 0 Å². The predicted octanol–water partition coefficient (Wildman–Crippen LogP) is 8.10. The van der Waals surface area contributed by atoms with Gasteiger partial charge >= 0.3 is 5.97 Å². The number of hydrogen-bond acceptors (Lipinski definition) is 1. The molecule has 0 fully saturated rings. The third-order valence-electron chi connectivity index (χ3n) is 7.81. The standard InChI is InChI=1S/C24H48O2/c1-9-16-20(10-2)17-24(15-7,18-22(8,11-3)21(25)26)19-23(12-4,13-5)14-6/h20H,9-19H2,1-8H3,(H,25,26). The van der Waals surface area contributed by atoms with E-state index in [-0.39, 0.29) is 5.41 Å². The van der Waals surface area contributed by atoms with E-state index >= 15 is 0 Å². The number of hydrogen-bond donors (Lipinski definition) is 1. The Labute approximate surface area is 164 Å². The van der Waals surface area contributed by atoms with E-state index in [1.165, 1.54) is 51.4 Å². The molecular weight excluding hydrogens is 320 g/mol. The van der Waals surface area contributed by atoms with Crippen LogP contribution in [0, 0.1) is 22.2 Å². The zero-order chi connectivity index (χ0) is 20.4. The predicted molar refractivity (Wildman–Crippen MR) is 115 cm³/mol. The number of carbonyl (C=O) groups is 1. The molecule has 2 heteroatoms. The van der Waals surface area contributed by atoms with E-state index in [9.17, 15) is 9.90 Å². The van der Waals surface area contributed by atoms with Crippen molar-refractivity contribution in [1.29, 1.82) is 0 Å². The molecular formula is C24H48O2. The van der Waals surface area contributed by atoms with E-state index < -0.39 is 11.4 Å². The Kier molecular flexibility index (Phi) is 11.1. The van der Waals surface area contributed by atoms with Gasteiger partial charge in [-0.1, -0.05) is 93.4 Å². The molecule has 1 N–H and O–H groups in total. The molecule has 0 amide bonds. The van der Waals surface area contributed by atoms with E-state index in [4.69, 9.17) is 0 Å². The third-order valence-corrected chi connectivity index (χ3v) is 7.81. The summed E-state index contributed by atoms with van der Waals surface area (Å²) in [5, 5.41) is 9.96. The molecule has 0 radical (unpaired) electrons. The Hall–Kier alpha value is -0.530. The molecule has 0 saturated heterocycles. The Morgan fingerprint density at radius 2 is 1.31 bits per heavy atom. The average molecular weight is 369 g/mol. The molecule has 0 heterocycles. The van der Waals surface area contributed by atoms with Crippen molar-refractivity contribution in [3.63, 3.8) is 0 Å². The van der Waals surface area contributed by atoms with Gasteiger partial charge in [0.05, 0.1) is 5.41 Å². The lowest BCUT2D eigenvalue weighted by Gasteiger charge is -2.47. The molecule has 26 heavy (non-hydrogen) atoms. The quantitative estimate of drug-likeness (QED) is 0.317. The van der Waals surface area contributed by atoms with Crippen LogP contribution in [0.3, 0.4) is 0 Å². The van der Waals surface area contributed by atoms with Gasteiger partial charge in [-0.3, -0.25) is 4.79 Å². The lowest BCUT2D eigenvalue weighted by Crippen LogP contribution is -2.40. The van der Waals surface area contributed by atoms with Gasteiger partial charge in [-0.15, -0.1) is 0 Å². The van der Waals surface area contributed by atoms with Crippen LogP contribution < -0.4 is 0 Å². The van der Waals surface area contributed by atoms with Crippen LogP contribution >= 0.6 is 0 Å². The molecule has 0 aromatic rings. The van der Waals surface area contributed by atoms with E-state index in [1.807, 2.05) is 13.8 Å². The summed E-state index contributed by atoms with van der Waals surface area (Å²) in [4.78, 5) is 12.1. The summed E-state index contributed by atoms with van der Waals surface area (Å²) in [6.07, 6.45) is 12.3. The van der Waals surface area contributed by atoms with Gasteiger partial charge < -0.3 is 5.11 Å². The van der Waals surface area contributed by atoms with Crippen LogP contribution in [0.5, 0.6) is 0 Å². The van der Waals surface area contributed by atoms with E-state index in [0.717, 1.165) is 18.8 Å². The molecule has 3 unspecified atom stereocenters. The molecule has 3 atom stereocenters. The second-order valence-electron chi connectivity index (χ2n) is 9.25. The monoisotopic (exact) mass is 368 g/mol. The van der Waals surface area contributed by atoms with E-state index in [0.29, 0.717) is 11.8 Å². The molecule has 2 nitrogen and oxygen atoms in total. The maximum absolute atomic E-state index is 12.1. The first-order chi connectivity index (χ1) is 12.2. The minimum atomic E-state index is -0.614. The van der Waals surface area contributed by atoms with Crippen molar-refractivity contribution < 1.29 is 9.90 Å². The maximum Gasteiger partial charge on any atom is 0.309 e. The Morgan fingerprint density at radius 3 is 1.62 bits per heavy atom. The highest BCUT2D eigenvalue weighted by atomic mass is 16.4. The molecule has 0 aromatic heterocycles. The van der Waals surface area contributed by atoms with Crippen LogP contribution in [0.1, 0.15) is 126 Å². The maximum atomic E-state index is 12.1. The second-order valence-corrected chi connectivity index (χ2v) is 9.25. The van der Waals surface area contributed by atoms with Crippen molar-refractivity contribution in [3.8, 4) is 0 Å². The SMILES string of the molecule is CCCC(CC)CC(CC)(CC(CC)(CC)CC)CC(C)(CC)C(=O)O. The summed E-state index contributed by atoms with van der Waals surface area (Å²) < 4.78 is 0. The summed E-state index contributed by atoms with van der Waals surface area (Å²) in [5.41, 5.74) is -0.115. The Morgan fingerprint density at radius 1 is 0.808 bits per heavy atom. The largest absolute Gasteiger partial charge is 0.481 e. The number of rotatable bonds is 15. The normalized spacial score (nSPS) is 18.2. The van der Waals surface area contributed by atoms with Crippen molar-refractivity contribution in [2.75, 3.05) is 0 Å². The topological polar surface area (TPSA) is 37.3 Å². The zero-order valence-electron chi connectivity index (χ0n) is 19.2. The molecule has 156 valence electrons. The van der Waals surface area contributed by atoms with Crippen LogP contribution in [0.4, 0.5) is 0 Å². The first-order valence-electron chi connectivity index (χ1n) is 11.4. The fourth-order valence-electron chi connectivity index (χ4n) is 5.17. The highest BCUT2D eigenvalue weighted by molar-refractivity contribution is 5.74. The molecule has 0 bridgehead atoms. The summed E-state index contributed by atoms with van der Waals surface area (Å²) in [7, 11) is 0. The van der Waals surface area contributed by atoms with Crippen LogP contribution in [0.25, 0.3) is 0 Å². The first kappa shape index (κ1) is 25.5. The van der Waals surface area contributed by atoms with Gasteiger partial charge in [0.15, 0.2) is 0 Å². The fraction of sp³-hybridized carbons (Fsp3) is 0.958. The van der Waals surface area contributed by atoms with Gasteiger partial charge in [-0.25, -0.2) is 0 Å². The summed E-state index contributed by atoms with van der Waals surface area (Å²) in [6, 6.07) is 0. The average Bonchev–Trinajstić information content (AvgIpc) is 2.65. The van der Waals surface area contributed by atoms with E-state index in [1.54, 1.807) is 0 Å². The number of carboxylic acids is 1. The van der Waals surface area contributed by atoms with Crippen molar-refractivity contribution in [2.45, 2.75) is 126 Å². The number of carboxylic acid groups (broad SMARTS) is 1. The second kappa shape index (κ2) is 11.3. The van der Waals surface area contributed by atoms with Gasteiger partial charge in [-0.2, -0.15) is 0 Å². The molecule has 0 aromatic carbocycles. The lowest BCUT2D eigenvalue weighted by molar-refractivity contribution is -0.151. The molecule has 0 aliphatic rings. The molecule has 0 saturated carbocycles. The Balaban J connectivity index is 5.97. The minimum Gasteiger partial charge on any atom is -0.481 e. The van der Waals surface area contributed by atoms with Crippen LogP contribution in [0.15, 0.2) is 0 Å². The zero-order valence-corrected chi connectivity index (χ0v) is 19.2. The molecule has 0 rings (SSSR count). The van der Waals surface area contributed by atoms with Crippen molar-refractivity contribution in [1.82, 2.24) is 0 Å². The van der Waals surface area contributed by atoms with Crippen molar-refractivity contribution >= 4 is 5.97 Å². The van der Waals surface area contributed by atoms with Gasteiger partial charge in [0, 0.05) is 0 Å². The van der Waals surface area contributed by atoms with E-state index in [2.05, 4.69) is 41.5 Å². The third kappa shape index (κ3) is 6.57. The summed E-state index contributed by atoms with van der Waals surface area (Å²) >= 11 is 0. The highest BCUT2D eigenvalue weighted by Crippen LogP contribution is 2.53. The minimum absolute atomic E-state index is 0.140. The first-order valence-corrected chi connectivity index (χ1v) is 11.4. The van der Waals surface area contributed by atoms with Crippen LogP contribution in [0.2, 0.25) is 0 Å². The fourth-order valence-corrected chi connectivity index (χ4v) is 5.17. The van der Waals surface area contributed by atoms with Crippen LogP contribution in [-0.2, 0) is 4.79 Å². The van der Waals surface area contributed by atoms with Crippen LogP contribution in [-0.4, -0.2) is 11.1 Å². The van der Waals surface area contributed by atoms with Gasteiger partial charge in [0.25, 0.3) is 0 Å². The number of aliphatic carboxylic acids is 1. The lowest BCUT2D eigenvalue weighted by atomic mass is 9.57. The summed E-state index contributed by atoms with van der Waals surface area (Å²) in [6.45, 7) is 17.9. The van der Waals surface area contributed by atoms with Gasteiger partial charge in [-0.05, 0) is 49.4 Å². The van der Waals surface area contributed by atoms with Crippen molar-refractivity contribution in [3.05, 3.63) is 0 Å². The smallest absolute Gasteiger partial charge is 0.309 e. The summed E-state index contributed by atoms with van der Waals surface area (Å²) in [5.74, 6) is 0.106. The molecule has 0 aliphatic heterocycles. The van der Waals surface area contributed by atoms with Gasteiger partial charge in [0.1, 0.15) is 0 Å². The molecule has 0 aliphatic carbocycles. The Bertz CT molecular complexity index is 391.